The van der Waals surface area contributed by atoms with Crippen molar-refractivity contribution < 1.29 is 13.2 Å². The van der Waals surface area contributed by atoms with Gasteiger partial charge in [0.05, 0.1) is 4.90 Å². The van der Waals surface area contributed by atoms with E-state index in [-0.39, 0.29) is 22.9 Å². The molecular weight excluding hydrogens is 362 g/mol. The molecule has 0 radical (unpaired) electrons. The molecule has 7 heteroatoms. The molecule has 6 nitrogen and oxygen atoms in total. The van der Waals surface area contributed by atoms with Gasteiger partial charge in [0.25, 0.3) is 15.9 Å². The molecule has 0 aliphatic carbocycles. The summed E-state index contributed by atoms with van der Waals surface area (Å²) < 4.78 is 27.5. The van der Waals surface area contributed by atoms with Crippen LogP contribution in [0, 0.1) is 0 Å². The molecule has 2 aromatic carbocycles. The summed E-state index contributed by atoms with van der Waals surface area (Å²) in [7, 11) is -3.70. The Morgan fingerprint density at radius 3 is 2.41 bits per heavy atom. The lowest BCUT2D eigenvalue weighted by atomic mass is 9.96. The summed E-state index contributed by atoms with van der Waals surface area (Å²) in [6.45, 7) is 2.60. The van der Waals surface area contributed by atoms with E-state index in [2.05, 4.69) is 4.72 Å². The number of carbonyl (C=O) groups excluding carboxylic acids is 1. The van der Waals surface area contributed by atoms with Crippen molar-refractivity contribution in [2.24, 2.45) is 5.73 Å². The highest BCUT2D eigenvalue weighted by atomic mass is 32.2. The molecule has 1 aliphatic rings. The Hall–Kier alpha value is -2.38. The topological polar surface area (TPSA) is 92.5 Å². The van der Waals surface area contributed by atoms with Gasteiger partial charge in [-0.1, -0.05) is 18.2 Å². The minimum atomic E-state index is -3.70. The molecule has 0 aromatic heterocycles. The molecular formula is C20H25N3O3S. The molecule has 1 fully saturated rings. The van der Waals surface area contributed by atoms with Gasteiger partial charge in [0, 0.05) is 29.9 Å². The van der Waals surface area contributed by atoms with Crippen LogP contribution in [-0.2, 0) is 10.0 Å². The van der Waals surface area contributed by atoms with Gasteiger partial charge in [-0.3, -0.25) is 9.52 Å². The normalized spacial score (nSPS) is 18.7. The predicted octanol–water partition coefficient (Wildman–Crippen LogP) is 2.83. The molecule has 2 aromatic rings. The molecule has 144 valence electrons. The van der Waals surface area contributed by atoms with Crippen molar-refractivity contribution >= 4 is 21.6 Å². The average molecular weight is 388 g/mol. The van der Waals surface area contributed by atoms with Gasteiger partial charge in [0.2, 0.25) is 0 Å². The van der Waals surface area contributed by atoms with Crippen molar-refractivity contribution in [1.82, 2.24) is 4.90 Å². The first-order chi connectivity index (χ1) is 12.9. The van der Waals surface area contributed by atoms with Gasteiger partial charge in [-0.05, 0) is 62.6 Å². The van der Waals surface area contributed by atoms with E-state index in [0.717, 1.165) is 19.3 Å². The van der Waals surface area contributed by atoms with E-state index >= 15 is 0 Å². The Balaban J connectivity index is 1.77. The number of hydrogen-bond acceptors (Lipinski definition) is 4. The monoisotopic (exact) mass is 387 g/mol. The van der Waals surface area contributed by atoms with E-state index < -0.39 is 10.0 Å². The highest BCUT2D eigenvalue weighted by Crippen LogP contribution is 2.22. The van der Waals surface area contributed by atoms with Gasteiger partial charge < -0.3 is 10.6 Å². The van der Waals surface area contributed by atoms with Gasteiger partial charge in [0.15, 0.2) is 0 Å². The van der Waals surface area contributed by atoms with Crippen molar-refractivity contribution in [1.29, 1.82) is 0 Å². The number of amides is 1. The van der Waals surface area contributed by atoms with Gasteiger partial charge in [-0.2, -0.15) is 0 Å². The van der Waals surface area contributed by atoms with Crippen LogP contribution < -0.4 is 10.5 Å². The second kappa shape index (κ2) is 8.10. The summed E-state index contributed by atoms with van der Waals surface area (Å²) in [5.41, 5.74) is 7.01. The SMILES string of the molecule is CC(N)C1CCCCN1C(=O)c1ccc(S(=O)(=O)Nc2ccccc2)cc1. The van der Waals surface area contributed by atoms with Crippen molar-refractivity contribution in [3.05, 3.63) is 60.2 Å². The van der Waals surface area contributed by atoms with E-state index in [1.807, 2.05) is 17.9 Å². The Morgan fingerprint density at radius 1 is 1.11 bits per heavy atom. The quantitative estimate of drug-likeness (QED) is 0.825. The zero-order valence-electron chi connectivity index (χ0n) is 15.3. The molecule has 2 unspecified atom stereocenters. The third-order valence-corrected chi connectivity index (χ3v) is 6.25. The van der Waals surface area contributed by atoms with Gasteiger partial charge in [-0.15, -0.1) is 0 Å². The molecule has 0 spiro atoms. The largest absolute Gasteiger partial charge is 0.334 e. The lowest BCUT2D eigenvalue weighted by Crippen LogP contribution is -2.51. The third kappa shape index (κ3) is 4.48. The number of nitrogens with one attached hydrogen (secondary N) is 1. The molecule has 27 heavy (non-hydrogen) atoms. The summed E-state index contributed by atoms with van der Waals surface area (Å²) in [5.74, 6) is -0.100. The smallest absolute Gasteiger partial charge is 0.261 e. The van der Waals surface area contributed by atoms with Gasteiger partial charge in [-0.25, -0.2) is 8.42 Å². The average Bonchev–Trinajstić information content (AvgIpc) is 2.68. The minimum absolute atomic E-state index is 0.0226. The first-order valence-corrected chi connectivity index (χ1v) is 10.6. The Morgan fingerprint density at radius 2 is 1.78 bits per heavy atom. The highest BCUT2D eigenvalue weighted by Gasteiger charge is 2.30. The van der Waals surface area contributed by atoms with Gasteiger partial charge >= 0.3 is 0 Å². The first kappa shape index (κ1) is 19.4. The summed E-state index contributed by atoms with van der Waals surface area (Å²) in [4.78, 5) is 14.8. The molecule has 1 aliphatic heterocycles. The van der Waals surface area contributed by atoms with Gasteiger partial charge in [0.1, 0.15) is 0 Å². The van der Waals surface area contributed by atoms with Crippen LogP contribution in [0.15, 0.2) is 59.5 Å². The second-order valence-electron chi connectivity index (χ2n) is 6.92. The fourth-order valence-electron chi connectivity index (χ4n) is 3.42. The zero-order valence-corrected chi connectivity index (χ0v) is 16.2. The van der Waals surface area contributed by atoms with Crippen molar-refractivity contribution in [2.75, 3.05) is 11.3 Å². The summed E-state index contributed by atoms with van der Waals surface area (Å²) in [6.07, 6.45) is 2.93. The number of rotatable bonds is 5. The van der Waals surface area contributed by atoms with E-state index in [1.165, 1.54) is 12.1 Å². The van der Waals surface area contributed by atoms with E-state index in [9.17, 15) is 13.2 Å². The predicted molar refractivity (Wildman–Crippen MR) is 106 cm³/mol. The molecule has 1 heterocycles. The van der Waals surface area contributed by atoms with Crippen LogP contribution in [0.2, 0.25) is 0 Å². The molecule has 3 rings (SSSR count). The van der Waals surface area contributed by atoms with Crippen LogP contribution in [-0.4, -0.2) is 37.9 Å². The number of carbonyl (C=O) groups is 1. The molecule has 0 bridgehead atoms. The minimum Gasteiger partial charge on any atom is -0.334 e. The summed E-state index contributed by atoms with van der Waals surface area (Å²) in [6, 6.07) is 14.7. The Labute approximate surface area is 160 Å². The van der Waals surface area contributed by atoms with E-state index in [0.29, 0.717) is 17.8 Å². The third-order valence-electron chi connectivity index (χ3n) is 4.85. The maximum absolute atomic E-state index is 12.9. The maximum atomic E-state index is 12.9. The van der Waals surface area contributed by atoms with Crippen LogP contribution in [0.1, 0.15) is 36.5 Å². The van der Waals surface area contributed by atoms with Crippen LogP contribution in [0.3, 0.4) is 0 Å². The summed E-state index contributed by atoms with van der Waals surface area (Å²) in [5, 5.41) is 0. The lowest BCUT2D eigenvalue weighted by Gasteiger charge is -2.38. The van der Waals surface area contributed by atoms with Crippen LogP contribution in [0.5, 0.6) is 0 Å². The van der Waals surface area contributed by atoms with Crippen molar-refractivity contribution in [3.8, 4) is 0 Å². The van der Waals surface area contributed by atoms with Crippen LogP contribution in [0.25, 0.3) is 0 Å². The molecule has 1 amide bonds. The standard InChI is InChI=1S/C20H25N3O3S/c1-15(21)19-9-5-6-14-23(19)20(24)16-10-12-18(13-11-16)27(25,26)22-17-7-3-2-4-8-17/h2-4,7-8,10-13,15,19,22H,5-6,9,14,21H2,1H3. The van der Waals surface area contributed by atoms with E-state index in [4.69, 9.17) is 5.73 Å². The lowest BCUT2D eigenvalue weighted by molar-refractivity contribution is 0.0583. The van der Waals surface area contributed by atoms with Crippen LogP contribution in [0.4, 0.5) is 5.69 Å². The first-order valence-electron chi connectivity index (χ1n) is 9.13. The number of anilines is 1. The number of para-hydroxylation sites is 1. The zero-order chi connectivity index (χ0) is 19.4. The van der Waals surface area contributed by atoms with Crippen molar-refractivity contribution in [2.45, 2.75) is 43.2 Å². The number of hydrogen-bond donors (Lipinski definition) is 2. The number of nitrogens with zero attached hydrogens (tertiary/aromatic N) is 1. The number of benzene rings is 2. The molecule has 0 saturated carbocycles. The fraction of sp³-hybridized carbons (Fsp3) is 0.350. The second-order valence-corrected chi connectivity index (χ2v) is 8.60. The van der Waals surface area contributed by atoms with Crippen molar-refractivity contribution in [3.63, 3.8) is 0 Å². The molecule has 2 atom stereocenters. The maximum Gasteiger partial charge on any atom is 0.261 e. The van der Waals surface area contributed by atoms with Crippen LogP contribution >= 0.6 is 0 Å². The summed E-state index contributed by atoms with van der Waals surface area (Å²) >= 11 is 0. The number of piperidine rings is 1. The fourth-order valence-corrected chi connectivity index (χ4v) is 4.48. The highest BCUT2D eigenvalue weighted by molar-refractivity contribution is 7.92. The Kier molecular flexibility index (Phi) is 5.82. The molecule has 1 saturated heterocycles. The number of sulfonamides is 1. The Bertz CT molecular complexity index is 880. The van der Waals surface area contributed by atoms with E-state index in [1.54, 1.807) is 36.4 Å². The number of likely N-dealkylation sites (tertiary alicyclic amines) is 1. The number of nitrogens with two attached hydrogens (primary N) is 1. The molecule has 3 N–H and O–H groups in total.